The molecule has 0 heterocycles. The van der Waals surface area contributed by atoms with E-state index in [2.05, 4.69) is 31.3 Å². The van der Waals surface area contributed by atoms with Crippen LogP contribution in [0.2, 0.25) is 0 Å². The molecule has 1 fully saturated rings. The molecule has 7 nitrogen and oxygen atoms in total. The van der Waals surface area contributed by atoms with Gasteiger partial charge in [-0.3, -0.25) is 9.59 Å². The van der Waals surface area contributed by atoms with Crippen molar-refractivity contribution in [1.29, 1.82) is 0 Å². The highest BCUT2D eigenvalue weighted by Gasteiger charge is 2.28. The number of halogens is 2. The lowest BCUT2D eigenvalue weighted by Crippen LogP contribution is -2.35. The van der Waals surface area contributed by atoms with E-state index in [-0.39, 0.29) is 35.2 Å². The molecule has 3 N–H and O–H groups in total. The predicted molar refractivity (Wildman–Crippen MR) is 113 cm³/mol. The summed E-state index contributed by atoms with van der Waals surface area (Å²) in [6.45, 7) is 1.84. The zero-order chi connectivity index (χ0) is 21.9. The number of carbonyl (C=O) groups is 2. The molecule has 0 saturated heterocycles. The van der Waals surface area contributed by atoms with E-state index in [1.165, 1.54) is 30.3 Å². The van der Waals surface area contributed by atoms with Crippen LogP contribution in [0, 0.1) is 12.7 Å². The summed E-state index contributed by atoms with van der Waals surface area (Å²) in [5.74, 6) is -1.41. The summed E-state index contributed by atoms with van der Waals surface area (Å²) >= 11 is 3.26. The third-order valence-electron chi connectivity index (χ3n) is 4.52. The summed E-state index contributed by atoms with van der Waals surface area (Å²) in [5.41, 5.74) is 0.801. The number of sulfonamides is 1. The Morgan fingerprint density at radius 2 is 1.73 bits per heavy atom. The van der Waals surface area contributed by atoms with Gasteiger partial charge in [0.2, 0.25) is 10.0 Å². The van der Waals surface area contributed by atoms with Gasteiger partial charge in [-0.05, 0) is 71.6 Å². The maximum Gasteiger partial charge on any atom is 0.252 e. The molecule has 0 radical (unpaired) electrons. The van der Waals surface area contributed by atoms with Gasteiger partial charge >= 0.3 is 0 Å². The van der Waals surface area contributed by atoms with Crippen molar-refractivity contribution in [3.8, 4) is 0 Å². The minimum Gasteiger partial charge on any atom is -0.350 e. The van der Waals surface area contributed by atoms with E-state index >= 15 is 0 Å². The largest absolute Gasteiger partial charge is 0.350 e. The predicted octanol–water partition coefficient (Wildman–Crippen LogP) is 2.50. The van der Waals surface area contributed by atoms with Gasteiger partial charge in [0.05, 0.1) is 10.5 Å². The van der Waals surface area contributed by atoms with Crippen molar-refractivity contribution in [2.24, 2.45) is 0 Å². The summed E-state index contributed by atoms with van der Waals surface area (Å²) in [4.78, 5) is 24.5. The number of hydrogen-bond donors (Lipinski definition) is 3. The van der Waals surface area contributed by atoms with Gasteiger partial charge < -0.3 is 10.6 Å². The van der Waals surface area contributed by atoms with Gasteiger partial charge in [0, 0.05) is 29.2 Å². The first-order chi connectivity index (χ1) is 14.2. The molecule has 1 aliphatic carbocycles. The second-order valence-corrected chi connectivity index (χ2v) is 9.58. The number of amides is 2. The van der Waals surface area contributed by atoms with Crippen LogP contribution in [0.25, 0.3) is 0 Å². The fourth-order valence-corrected chi connectivity index (χ4v) is 4.38. The van der Waals surface area contributed by atoms with Crippen molar-refractivity contribution in [2.45, 2.75) is 30.7 Å². The smallest absolute Gasteiger partial charge is 0.252 e. The maximum atomic E-state index is 13.6. The number of benzene rings is 2. The van der Waals surface area contributed by atoms with Gasteiger partial charge in [-0.15, -0.1) is 0 Å². The van der Waals surface area contributed by atoms with Crippen molar-refractivity contribution < 1.29 is 22.4 Å². The van der Waals surface area contributed by atoms with E-state index in [0.29, 0.717) is 10.0 Å². The van der Waals surface area contributed by atoms with E-state index in [1.807, 2.05) is 0 Å². The molecule has 0 spiro atoms. The molecule has 3 rings (SSSR count). The SMILES string of the molecule is Cc1ccc(C(=O)NCCNC(=O)c2cc(S(=O)(=O)NC3CC3)ccc2Br)cc1F. The number of rotatable bonds is 8. The Kier molecular flexibility index (Phi) is 6.89. The van der Waals surface area contributed by atoms with E-state index in [1.54, 1.807) is 6.92 Å². The van der Waals surface area contributed by atoms with E-state index in [4.69, 9.17) is 0 Å². The highest BCUT2D eigenvalue weighted by molar-refractivity contribution is 9.10. The van der Waals surface area contributed by atoms with Crippen molar-refractivity contribution in [3.05, 3.63) is 63.4 Å². The summed E-state index contributed by atoms with van der Waals surface area (Å²) in [6, 6.07) is 8.38. The molecule has 2 aromatic rings. The Labute approximate surface area is 182 Å². The minimum atomic E-state index is -3.68. The average molecular weight is 498 g/mol. The van der Waals surface area contributed by atoms with Crippen molar-refractivity contribution in [1.82, 2.24) is 15.4 Å². The van der Waals surface area contributed by atoms with Crippen LogP contribution in [0.5, 0.6) is 0 Å². The Bertz CT molecular complexity index is 1090. The van der Waals surface area contributed by atoms with Crippen molar-refractivity contribution in [2.75, 3.05) is 13.1 Å². The zero-order valence-electron chi connectivity index (χ0n) is 16.2. The van der Waals surface area contributed by atoms with Gasteiger partial charge in [0.25, 0.3) is 11.8 Å². The van der Waals surface area contributed by atoms with Crippen LogP contribution >= 0.6 is 15.9 Å². The Morgan fingerprint density at radius 1 is 1.07 bits per heavy atom. The van der Waals surface area contributed by atoms with Crippen LogP contribution in [-0.2, 0) is 10.0 Å². The molecule has 0 aromatic heterocycles. The number of hydrogen-bond acceptors (Lipinski definition) is 4. The summed E-state index contributed by atoms with van der Waals surface area (Å²) in [6.07, 6.45) is 1.62. The van der Waals surface area contributed by atoms with Crippen molar-refractivity contribution in [3.63, 3.8) is 0 Å². The lowest BCUT2D eigenvalue weighted by molar-refractivity contribution is 0.0927. The van der Waals surface area contributed by atoms with Crippen LogP contribution < -0.4 is 15.4 Å². The quantitative estimate of drug-likeness (QED) is 0.487. The molecule has 160 valence electrons. The molecule has 30 heavy (non-hydrogen) atoms. The molecule has 1 saturated carbocycles. The van der Waals surface area contributed by atoms with Gasteiger partial charge in [-0.2, -0.15) is 0 Å². The first kappa shape index (κ1) is 22.4. The molecule has 2 amide bonds. The Balaban J connectivity index is 1.56. The fraction of sp³-hybridized carbons (Fsp3) is 0.300. The van der Waals surface area contributed by atoms with Gasteiger partial charge in [0.1, 0.15) is 5.82 Å². The van der Waals surface area contributed by atoms with E-state index in [9.17, 15) is 22.4 Å². The van der Waals surface area contributed by atoms with Gasteiger partial charge in [0.15, 0.2) is 0 Å². The molecular weight excluding hydrogens is 477 g/mol. The first-order valence-corrected chi connectivity index (χ1v) is 11.6. The highest BCUT2D eigenvalue weighted by atomic mass is 79.9. The maximum absolute atomic E-state index is 13.6. The summed E-state index contributed by atoms with van der Waals surface area (Å²) < 4.78 is 41.3. The molecule has 0 aliphatic heterocycles. The molecule has 1 aliphatic rings. The van der Waals surface area contributed by atoms with E-state index < -0.39 is 27.7 Å². The normalized spacial score (nSPS) is 13.7. The van der Waals surface area contributed by atoms with Crippen LogP contribution in [0.4, 0.5) is 4.39 Å². The second-order valence-electron chi connectivity index (χ2n) is 7.01. The fourth-order valence-electron chi connectivity index (χ4n) is 2.62. The standard InChI is InChI=1S/C20H21BrFN3O4S/c1-12-2-3-13(10-18(12)22)19(26)23-8-9-24-20(27)16-11-15(6-7-17(16)21)30(28,29)25-14-4-5-14/h2-3,6-7,10-11,14,25H,4-5,8-9H2,1H3,(H,23,26)(H,24,27). The van der Waals surface area contributed by atoms with Gasteiger partial charge in [-0.25, -0.2) is 17.5 Å². The van der Waals surface area contributed by atoms with Gasteiger partial charge in [-0.1, -0.05) is 6.07 Å². The number of nitrogens with one attached hydrogen (secondary N) is 3. The Morgan fingerprint density at radius 3 is 2.37 bits per heavy atom. The lowest BCUT2D eigenvalue weighted by Gasteiger charge is -2.11. The molecular formula is C20H21BrFN3O4S. The van der Waals surface area contributed by atoms with E-state index in [0.717, 1.165) is 18.9 Å². The van der Waals surface area contributed by atoms with Crippen LogP contribution in [0.15, 0.2) is 45.8 Å². The molecule has 0 atom stereocenters. The van der Waals surface area contributed by atoms with Crippen LogP contribution in [0.3, 0.4) is 0 Å². The Hall–Kier alpha value is -2.30. The number of carbonyl (C=O) groups excluding carboxylic acids is 2. The lowest BCUT2D eigenvalue weighted by atomic mass is 10.1. The minimum absolute atomic E-state index is 0.0115. The van der Waals surface area contributed by atoms with Crippen LogP contribution in [-0.4, -0.2) is 39.4 Å². The molecule has 2 aromatic carbocycles. The highest BCUT2D eigenvalue weighted by Crippen LogP contribution is 2.25. The third kappa shape index (κ3) is 5.65. The average Bonchev–Trinajstić information content (AvgIpc) is 3.50. The topological polar surface area (TPSA) is 104 Å². The molecule has 10 heteroatoms. The molecule has 0 bridgehead atoms. The second kappa shape index (κ2) is 9.23. The van der Waals surface area contributed by atoms with Crippen molar-refractivity contribution >= 4 is 37.8 Å². The summed E-state index contributed by atoms with van der Waals surface area (Å²) in [7, 11) is -3.68. The monoisotopic (exact) mass is 497 g/mol. The first-order valence-electron chi connectivity index (χ1n) is 9.32. The third-order valence-corrected chi connectivity index (χ3v) is 6.73. The van der Waals surface area contributed by atoms with Crippen LogP contribution in [0.1, 0.15) is 39.1 Å². The number of aryl methyl sites for hydroxylation is 1. The molecule has 0 unspecified atom stereocenters. The summed E-state index contributed by atoms with van der Waals surface area (Å²) in [5, 5.41) is 5.22. The zero-order valence-corrected chi connectivity index (χ0v) is 18.6.